The van der Waals surface area contributed by atoms with Gasteiger partial charge in [-0.1, -0.05) is 31.2 Å². The summed E-state index contributed by atoms with van der Waals surface area (Å²) in [5.41, 5.74) is 1.40. The van der Waals surface area contributed by atoms with Crippen molar-refractivity contribution in [3.63, 3.8) is 0 Å². The molecule has 0 spiro atoms. The number of hydrogen-bond donors (Lipinski definition) is 1. The lowest BCUT2D eigenvalue weighted by molar-refractivity contribution is 0.0814. The molecule has 2 aromatic rings. The number of nitrogens with zero attached hydrogens (tertiary/aromatic N) is 1. The molecule has 1 aromatic heterocycles. The molecule has 0 fully saturated rings. The molecule has 0 saturated heterocycles. The van der Waals surface area contributed by atoms with Crippen molar-refractivity contribution in [1.29, 1.82) is 0 Å². The van der Waals surface area contributed by atoms with Crippen molar-refractivity contribution in [3.05, 3.63) is 28.9 Å². The van der Waals surface area contributed by atoms with Crippen LogP contribution in [-0.2, 0) is 18.1 Å². The standard InChI is InChI=1S/C17H24ClF2NO3Si/c1-25(2,3)5-4-23-11-21-13(9-22)6-12-7-14(18)16(8-15(12)21)24-10-17(19)20/h6-8,17,22H,4-5,9-11H2,1-3H3. The fourth-order valence-electron chi connectivity index (χ4n) is 2.40. The molecule has 0 aliphatic heterocycles. The summed E-state index contributed by atoms with van der Waals surface area (Å²) < 4.78 is 37.4. The average molecular weight is 392 g/mol. The second-order valence-electron chi connectivity index (χ2n) is 7.11. The van der Waals surface area contributed by atoms with E-state index in [-0.39, 0.29) is 24.1 Å². The molecular formula is C17H24ClF2NO3Si. The number of alkyl halides is 2. The molecule has 0 aliphatic carbocycles. The Balaban J connectivity index is 2.22. The molecule has 1 aromatic carbocycles. The molecule has 25 heavy (non-hydrogen) atoms. The summed E-state index contributed by atoms with van der Waals surface area (Å²) in [5.74, 6) is 0.195. The maximum Gasteiger partial charge on any atom is 0.272 e. The van der Waals surface area contributed by atoms with Crippen LogP contribution in [0.2, 0.25) is 30.7 Å². The van der Waals surface area contributed by atoms with Crippen LogP contribution in [0.3, 0.4) is 0 Å². The van der Waals surface area contributed by atoms with E-state index in [2.05, 4.69) is 19.6 Å². The predicted octanol–water partition coefficient (Wildman–Crippen LogP) is 4.74. The van der Waals surface area contributed by atoms with Gasteiger partial charge in [0.25, 0.3) is 6.43 Å². The van der Waals surface area contributed by atoms with Gasteiger partial charge in [0.1, 0.15) is 19.1 Å². The van der Waals surface area contributed by atoms with Crippen molar-refractivity contribution < 1.29 is 23.4 Å². The minimum atomic E-state index is -2.57. The van der Waals surface area contributed by atoms with E-state index >= 15 is 0 Å². The number of ether oxygens (including phenoxy) is 2. The number of fused-ring (bicyclic) bond motifs is 1. The lowest BCUT2D eigenvalue weighted by Gasteiger charge is -2.17. The topological polar surface area (TPSA) is 43.6 Å². The van der Waals surface area contributed by atoms with E-state index in [9.17, 15) is 13.9 Å². The maximum atomic E-state index is 12.4. The van der Waals surface area contributed by atoms with Crippen molar-refractivity contribution in [2.45, 2.75) is 45.4 Å². The van der Waals surface area contributed by atoms with Crippen molar-refractivity contribution in [2.24, 2.45) is 0 Å². The monoisotopic (exact) mass is 391 g/mol. The molecular weight excluding hydrogens is 368 g/mol. The van der Waals surface area contributed by atoms with E-state index in [1.807, 2.05) is 4.57 Å². The van der Waals surface area contributed by atoms with Crippen LogP contribution in [0.25, 0.3) is 10.9 Å². The second kappa shape index (κ2) is 8.49. The molecule has 0 aliphatic rings. The Bertz CT molecular complexity index is 716. The molecule has 0 radical (unpaired) electrons. The average Bonchev–Trinajstić information content (AvgIpc) is 2.84. The molecule has 1 N–H and O–H groups in total. The van der Waals surface area contributed by atoms with E-state index in [1.54, 1.807) is 18.2 Å². The van der Waals surface area contributed by atoms with Gasteiger partial charge in [-0.3, -0.25) is 0 Å². The third-order valence-corrected chi connectivity index (χ3v) is 5.78. The molecule has 0 atom stereocenters. The van der Waals surface area contributed by atoms with Crippen LogP contribution in [0.15, 0.2) is 18.2 Å². The molecule has 0 amide bonds. The maximum absolute atomic E-state index is 12.4. The number of aliphatic hydroxyl groups excluding tert-OH is 1. The highest BCUT2D eigenvalue weighted by Crippen LogP contribution is 2.32. The summed E-state index contributed by atoms with van der Waals surface area (Å²) in [4.78, 5) is 0. The molecule has 0 bridgehead atoms. The third kappa shape index (κ3) is 5.67. The number of halogens is 3. The lowest BCUT2D eigenvalue weighted by Crippen LogP contribution is -2.22. The summed E-state index contributed by atoms with van der Waals surface area (Å²) in [6, 6.07) is 6.10. The largest absolute Gasteiger partial charge is 0.486 e. The molecule has 1 heterocycles. The highest BCUT2D eigenvalue weighted by Gasteiger charge is 2.15. The highest BCUT2D eigenvalue weighted by molar-refractivity contribution is 6.76. The van der Waals surface area contributed by atoms with Gasteiger partial charge in [-0.05, 0) is 18.2 Å². The summed E-state index contributed by atoms with van der Waals surface area (Å²) in [6.45, 7) is 6.87. The predicted molar refractivity (Wildman–Crippen MR) is 98.5 cm³/mol. The van der Waals surface area contributed by atoms with E-state index < -0.39 is 21.1 Å². The Morgan fingerprint density at radius 2 is 1.96 bits per heavy atom. The summed E-state index contributed by atoms with van der Waals surface area (Å²) in [7, 11) is -1.18. The first-order valence-corrected chi connectivity index (χ1v) is 12.2. The smallest absolute Gasteiger partial charge is 0.272 e. The number of aromatic nitrogens is 1. The van der Waals surface area contributed by atoms with Crippen molar-refractivity contribution in [1.82, 2.24) is 4.57 Å². The van der Waals surface area contributed by atoms with Crippen LogP contribution in [0.5, 0.6) is 5.75 Å². The van der Waals surface area contributed by atoms with Gasteiger partial charge in [-0.25, -0.2) is 8.78 Å². The minimum absolute atomic E-state index is 0.156. The van der Waals surface area contributed by atoms with Gasteiger partial charge >= 0.3 is 0 Å². The molecule has 4 nitrogen and oxygen atoms in total. The van der Waals surface area contributed by atoms with Crippen molar-refractivity contribution in [3.8, 4) is 5.75 Å². The number of aliphatic hydroxyl groups is 1. The Labute approximate surface area is 152 Å². The first-order valence-electron chi connectivity index (χ1n) is 8.12. The Morgan fingerprint density at radius 1 is 1.24 bits per heavy atom. The summed E-state index contributed by atoms with van der Waals surface area (Å²) in [6.07, 6.45) is -2.57. The SMILES string of the molecule is C[Si](C)(C)CCOCn1c(CO)cc2cc(Cl)c(OCC(F)F)cc21. The molecule has 0 saturated carbocycles. The van der Waals surface area contributed by atoms with Crippen LogP contribution >= 0.6 is 11.6 Å². The van der Waals surface area contributed by atoms with Crippen molar-refractivity contribution in [2.75, 3.05) is 13.2 Å². The lowest BCUT2D eigenvalue weighted by atomic mass is 10.2. The molecule has 2 rings (SSSR count). The fourth-order valence-corrected chi connectivity index (χ4v) is 3.38. The zero-order valence-corrected chi connectivity index (χ0v) is 16.4. The molecule has 8 heteroatoms. The van der Waals surface area contributed by atoms with Gasteiger partial charge in [0, 0.05) is 31.8 Å². The van der Waals surface area contributed by atoms with Gasteiger partial charge < -0.3 is 19.1 Å². The number of benzene rings is 1. The number of rotatable bonds is 9. The van der Waals surface area contributed by atoms with Crippen LogP contribution < -0.4 is 4.74 Å². The quantitative estimate of drug-likeness (QED) is 0.495. The molecule has 0 unspecified atom stereocenters. The van der Waals surface area contributed by atoms with Crippen LogP contribution in [0.4, 0.5) is 8.78 Å². The van der Waals surface area contributed by atoms with Crippen LogP contribution in [-0.4, -0.2) is 37.4 Å². The van der Waals surface area contributed by atoms with Gasteiger partial charge in [-0.15, -0.1) is 0 Å². The van der Waals surface area contributed by atoms with Gasteiger partial charge in [0.15, 0.2) is 0 Å². The van der Waals surface area contributed by atoms with E-state index in [1.165, 1.54) is 0 Å². The first kappa shape index (κ1) is 20.2. The first-order chi connectivity index (χ1) is 11.7. The Kier molecular flexibility index (Phi) is 6.84. The van der Waals surface area contributed by atoms with Gasteiger partial charge in [0.2, 0.25) is 0 Å². The third-order valence-electron chi connectivity index (χ3n) is 3.78. The fraction of sp³-hybridized carbons (Fsp3) is 0.529. The second-order valence-corrected chi connectivity index (χ2v) is 13.1. The molecule has 140 valence electrons. The minimum Gasteiger partial charge on any atom is -0.486 e. The van der Waals surface area contributed by atoms with Crippen molar-refractivity contribution >= 4 is 30.6 Å². The van der Waals surface area contributed by atoms with Crippen LogP contribution in [0, 0.1) is 0 Å². The summed E-state index contributed by atoms with van der Waals surface area (Å²) >= 11 is 6.10. The zero-order valence-electron chi connectivity index (χ0n) is 14.7. The van der Waals surface area contributed by atoms with Gasteiger partial charge in [0.05, 0.1) is 17.1 Å². The van der Waals surface area contributed by atoms with E-state index in [0.29, 0.717) is 12.3 Å². The Morgan fingerprint density at radius 3 is 2.56 bits per heavy atom. The van der Waals surface area contributed by atoms with Crippen LogP contribution in [0.1, 0.15) is 5.69 Å². The number of hydrogen-bond acceptors (Lipinski definition) is 3. The highest BCUT2D eigenvalue weighted by atomic mass is 35.5. The van der Waals surface area contributed by atoms with E-state index in [0.717, 1.165) is 16.9 Å². The Hall–Kier alpha value is -1.15. The zero-order chi connectivity index (χ0) is 18.6. The normalized spacial score (nSPS) is 12.3. The summed E-state index contributed by atoms with van der Waals surface area (Å²) in [5, 5.41) is 10.6. The van der Waals surface area contributed by atoms with E-state index in [4.69, 9.17) is 21.1 Å². The van der Waals surface area contributed by atoms with Gasteiger partial charge in [-0.2, -0.15) is 0 Å².